The first kappa shape index (κ1) is 11.9. The highest BCUT2D eigenvalue weighted by Gasteiger charge is 2.08. The van der Waals surface area contributed by atoms with Crippen molar-refractivity contribution in [2.75, 3.05) is 18.8 Å². The number of nitrogen functional groups attached to an aromatic ring is 1. The van der Waals surface area contributed by atoms with E-state index in [9.17, 15) is 5.11 Å². The molecule has 1 aromatic rings. The lowest BCUT2D eigenvalue weighted by Gasteiger charge is -2.10. The van der Waals surface area contributed by atoms with Crippen LogP contribution in [0.2, 0.25) is 0 Å². The summed E-state index contributed by atoms with van der Waals surface area (Å²) in [6.45, 7) is 3.54. The highest BCUT2D eigenvalue weighted by atomic mass is 16.3. The van der Waals surface area contributed by atoms with Crippen LogP contribution < -0.4 is 11.1 Å². The second kappa shape index (κ2) is 6.31. The Balaban J connectivity index is 2.36. The van der Waals surface area contributed by atoms with Crippen molar-refractivity contribution in [1.82, 2.24) is 15.3 Å². The van der Waals surface area contributed by atoms with E-state index in [1.165, 1.54) is 0 Å². The highest BCUT2D eigenvalue weighted by Crippen LogP contribution is 2.08. The van der Waals surface area contributed by atoms with Gasteiger partial charge in [0.25, 0.3) is 0 Å². The molecule has 0 fully saturated rings. The fourth-order valence-electron chi connectivity index (χ4n) is 1.22. The molecule has 0 bridgehead atoms. The van der Waals surface area contributed by atoms with E-state index >= 15 is 0 Å². The molecule has 0 aliphatic heterocycles. The molecule has 1 rings (SSSR count). The second-order valence-corrected chi connectivity index (χ2v) is 3.41. The normalized spacial score (nSPS) is 12.7. The van der Waals surface area contributed by atoms with Crippen LogP contribution in [-0.2, 0) is 0 Å². The summed E-state index contributed by atoms with van der Waals surface area (Å²) in [7, 11) is 0. The minimum atomic E-state index is -0.618. The number of aliphatic hydroxyl groups excluding tert-OH is 1. The fourth-order valence-corrected chi connectivity index (χ4v) is 1.22. The molecule has 1 heterocycles. The van der Waals surface area contributed by atoms with E-state index in [0.29, 0.717) is 12.2 Å². The van der Waals surface area contributed by atoms with Crippen molar-refractivity contribution in [2.24, 2.45) is 0 Å². The zero-order valence-electron chi connectivity index (χ0n) is 8.98. The first-order chi connectivity index (χ1) is 7.24. The molecule has 0 unspecified atom stereocenters. The lowest BCUT2D eigenvalue weighted by molar-refractivity contribution is 0.170. The summed E-state index contributed by atoms with van der Waals surface area (Å²) in [4.78, 5) is 7.72. The predicted molar refractivity (Wildman–Crippen MR) is 59.2 cm³/mol. The Hall–Kier alpha value is -1.20. The van der Waals surface area contributed by atoms with Crippen LogP contribution in [0, 0.1) is 0 Å². The third-order valence-electron chi connectivity index (χ3n) is 2.08. The first-order valence-corrected chi connectivity index (χ1v) is 5.21. The van der Waals surface area contributed by atoms with Crippen LogP contribution in [0.1, 0.15) is 31.6 Å². The van der Waals surface area contributed by atoms with Crippen molar-refractivity contribution in [1.29, 1.82) is 0 Å². The number of rotatable bonds is 6. The molecule has 0 amide bonds. The Labute approximate surface area is 89.7 Å². The number of aliphatic hydroxyl groups is 1. The van der Waals surface area contributed by atoms with Crippen molar-refractivity contribution in [3.05, 3.63) is 18.0 Å². The molecule has 0 aliphatic rings. The van der Waals surface area contributed by atoms with Gasteiger partial charge < -0.3 is 16.2 Å². The number of nitrogens with one attached hydrogen (secondary N) is 1. The predicted octanol–water partition coefficient (Wildman–Crippen LogP) is 0.482. The second-order valence-electron chi connectivity index (χ2n) is 3.41. The van der Waals surface area contributed by atoms with Crippen LogP contribution in [0.25, 0.3) is 0 Å². The molecule has 1 atom stereocenters. The van der Waals surface area contributed by atoms with Gasteiger partial charge in [0.2, 0.25) is 5.95 Å². The smallest absolute Gasteiger partial charge is 0.220 e. The summed E-state index contributed by atoms with van der Waals surface area (Å²) in [5.41, 5.74) is 5.98. The molecular formula is C10H18N4O. The van der Waals surface area contributed by atoms with Crippen molar-refractivity contribution in [2.45, 2.75) is 25.9 Å². The quantitative estimate of drug-likeness (QED) is 0.595. The monoisotopic (exact) mass is 210 g/mol. The summed E-state index contributed by atoms with van der Waals surface area (Å²) >= 11 is 0. The van der Waals surface area contributed by atoms with Gasteiger partial charge in [0.05, 0.1) is 5.69 Å². The maximum absolute atomic E-state index is 9.74. The third kappa shape index (κ3) is 4.22. The first-order valence-electron chi connectivity index (χ1n) is 5.21. The van der Waals surface area contributed by atoms with Gasteiger partial charge in [0, 0.05) is 12.7 Å². The Morgan fingerprint density at radius 2 is 2.40 bits per heavy atom. The number of unbranched alkanes of at least 4 members (excludes halogenated alkanes) is 1. The van der Waals surface area contributed by atoms with Gasteiger partial charge in [-0.05, 0) is 19.0 Å². The van der Waals surface area contributed by atoms with Crippen LogP contribution in [0.5, 0.6) is 0 Å². The van der Waals surface area contributed by atoms with Gasteiger partial charge in [-0.1, -0.05) is 13.3 Å². The number of aromatic nitrogens is 2. The van der Waals surface area contributed by atoms with Crippen molar-refractivity contribution < 1.29 is 5.11 Å². The number of hydrogen-bond acceptors (Lipinski definition) is 5. The molecule has 0 aromatic carbocycles. The summed E-state index contributed by atoms with van der Waals surface area (Å²) in [5.74, 6) is 0.195. The molecule has 0 saturated heterocycles. The van der Waals surface area contributed by atoms with E-state index in [2.05, 4.69) is 22.2 Å². The van der Waals surface area contributed by atoms with E-state index in [1.807, 2.05) is 0 Å². The maximum Gasteiger partial charge on any atom is 0.220 e. The van der Waals surface area contributed by atoms with Crippen molar-refractivity contribution in [3.8, 4) is 0 Å². The number of nitrogens with two attached hydrogens (primary N) is 1. The molecule has 1 aromatic heterocycles. The van der Waals surface area contributed by atoms with Gasteiger partial charge in [0.15, 0.2) is 0 Å². The molecule has 5 nitrogen and oxygen atoms in total. The van der Waals surface area contributed by atoms with Gasteiger partial charge in [-0.25, -0.2) is 9.97 Å². The molecule has 5 heteroatoms. The van der Waals surface area contributed by atoms with Crippen LogP contribution in [-0.4, -0.2) is 28.2 Å². The topological polar surface area (TPSA) is 84.1 Å². The summed E-state index contributed by atoms with van der Waals surface area (Å²) in [6.07, 6.45) is 3.18. The van der Waals surface area contributed by atoms with Crippen LogP contribution in [0.4, 0.5) is 5.95 Å². The minimum Gasteiger partial charge on any atom is -0.385 e. The fraction of sp³-hybridized carbons (Fsp3) is 0.600. The van der Waals surface area contributed by atoms with Crippen molar-refractivity contribution in [3.63, 3.8) is 0 Å². The number of hydrogen-bond donors (Lipinski definition) is 3. The lowest BCUT2D eigenvalue weighted by Crippen LogP contribution is -2.23. The Kier molecular flexibility index (Phi) is 5.00. The summed E-state index contributed by atoms with van der Waals surface area (Å²) in [5, 5.41) is 12.9. The zero-order chi connectivity index (χ0) is 11.1. The van der Waals surface area contributed by atoms with Crippen molar-refractivity contribution >= 4 is 5.95 Å². The molecule has 0 saturated carbocycles. The molecule has 15 heavy (non-hydrogen) atoms. The average Bonchev–Trinajstić information content (AvgIpc) is 2.24. The van der Waals surface area contributed by atoms with E-state index in [-0.39, 0.29) is 5.95 Å². The number of nitrogens with zero attached hydrogens (tertiary/aromatic N) is 2. The average molecular weight is 210 g/mol. The largest absolute Gasteiger partial charge is 0.385 e. The summed E-state index contributed by atoms with van der Waals surface area (Å²) < 4.78 is 0. The molecule has 0 radical (unpaired) electrons. The third-order valence-corrected chi connectivity index (χ3v) is 2.08. The SMILES string of the molecule is CCCCNC[C@H](O)c1ccnc(N)n1. The van der Waals surface area contributed by atoms with Gasteiger partial charge in [-0.15, -0.1) is 0 Å². The molecule has 84 valence electrons. The van der Waals surface area contributed by atoms with E-state index in [1.54, 1.807) is 12.3 Å². The lowest BCUT2D eigenvalue weighted by atomic mass is 10.2. The molecule has 0 aliphatic carbocycles. The minimum absolute atomic E-state index is 0.195. The standard InChI is InChI=1S/C10H18N4O/c1-2-3-5-12-7-9(15)8-4-6-13-10(11)14-8/h4,6,9,12,15H,2-3,5,7H2,1H3,(H2,11,13,14)/t9-/m0/s1. The molecule has 0 spiro atoms. The van der Waals surface area contributed by atoms with Crippen LogP contribution >= 0.6 is 0 Å². The summed E-state index contributed by atoms with van der Waals surface area (Å²) in [6, 6.07) is 1.67. The van der Waals surface area contributed by atoms with E-state index < -0.39 is 6.10 Å². The number of anilines is 1. The van der Waals surface area contributed by atoms with Crippen LogP contribution in [0.3, 0.4) is 0 Å². The van der Waals surface area contributed by atoms with Gasteiger partial charge >= 0.3 is 0 Å². The molecular weight excluding hydrogens is 192 g/mol. The van der Waals surface area contributed by atoms with Gasteiger partial charge in [0.1, 0.15) is 6.10 Å². The zero-order valence-corrected chi connectivity index (χ0v) is 8.98. The Morgan fingerprint density at radius 1 is 1.60 bits per heavy atom. The van der Waals surface area contributed by atoms with Gasteiger partial charge in [-0.3, -0.25) is 0 Å². The highest BCUT2D eigenvalue weighted by molar-refractivity contribution is 5.18. The Morgan fingerprint density at radius 3 is 3.07 bits per heavy atom. The van der Waals surface area contributed by atoms with E-state index in [4.69, 9.17) is 5.73 Å². The van der Waals surface area contributed by atoms with Crippen LogP contribution in [0.15, 0.2) is 12.3 Å². The Bertz CT molecular complexity index is 293. The molecule has 4 N–H and O–H groups in total. The van der Waals surface area contributed by atoms with E-state index in [0.717, 1.165) is 19.4 Å². The van der Waals surface area contributed by atoms with Gasteiger partial charge in [-0.2, -0.15) is 0 Å². The maximum atomic E-state index is 9.74.